The molecule has 0 saturated heterocycles. The van der Waals surface area contributed by atoms with E-state index in [1.54, 1.807) is 6.07 Å². The van der Waals surface area contributed by atoms with E-state index < -0.39 is 5.76 Å². The molecule has 6 nitrogen and oxygen atoms in total. The van der Waals surface area contributed by atoms with Gasteiger partial charge in [-0.2, -0.15) is 0 Å². The Hall–Kier alpha value is -2.86. The summed E-state index contributed by atoms with van der Waals surface area (Å²) in [6, 6.07) is 17.2. The molecule has 0 spiro atoms. The average Bonchev–Trinajstić information content (AvgIpc) is 2.99. The number of nitrogens with one attached hydrogen (secondary N) is 1. The Labute approximate surface area is 151 Å². The van der Waals surface area contributed by atoms with Crippen molar-refractivity contribution >= 4 is 17.0 Å². The fourth-order valence-electron chi connectivity index (χ4n) is 2.69. The molecule has 0 saturated carbocycles. The Bertz CT molecular complexity index is 899. The van der Waals surface area contributed by atoms with E-state index in [-0.39, 0.29) is 12.3 Å². The van der Waals surface area contributed by atoms with Crippen LogP contribution < -0.4 is 11.1 Å². The minimum absolute atomic E-state index is 0.0924. The number of carbonyl (C=O) groups is 1. The van der Waals surface area contributed by atoms with Crippen LogP contribution in [-0.4, -0.2) is 23.6 Å². The van der Waals surface area contributed by atoms with Crippen LogP contribution in [0.25, 0.3) is 11.1 Å². The molecule has 0 atom stereocenters. The number of hydrogen-bond acceptors (Lipinski definition) is 4. The topological polar surface area (TPSA) is 73.5 Å². The molecular formula is C20H22N2O4. The SMILES string of the molecule is O=C(CCn1c(=O)oc2ccccc21)NCCCOCc1ccccc1. The third-order valence-electron chi connectivity index (χ3n) is 4.04. The van der Waals surface area contributed by atoms with Crippen molar-refractivity contribution < 1.29 is 13.9 Å². The predicted molar refractivity (Wildman–Crippen MR) is 98.8 cm³/mol. The van der Waals surface area contributed by atoms with Crippen molar-refractivity contribution in [1.29, 1.82) is 0 Å². The van der Waals surface area contributed by atoms with Gasteiger partial charge in [-0.1, -0.05) is 42.5 Å². The molecule has 0 bridgehead atoms. The maximum atomic E-state index is 11.9. The van der Waals surface area contributed by atoms with Crippen LogP contribution in [0.1, 0.15) is 18.4 Å². The minimum atomic E-state index is -0.437. The molecule has 3 aromatic rings. The molecule has 0 radical (unpaired) electrons. The van der Waals surface area contributed by atoms with Gasteiger partial charge >= 0.3 is 5.76 Å². The molecule has 1 aromatic heterocycles. The number of para-hydroxylation sites is 2. The van der Waals surface area contributed by atoms with Gasteiger partial charge < -0.3 is 14.5 Å². The summed E-state index contributed by atoms with van der Waals surface area (Å²) < 4.78 is 12.2. The lowest BCUT2D eigenvalue weighted by Crippen LogP contribution is -2.27. The average molecular weight is 354 g/mol. The Balaban J connectivity index is 1.34. The van der Waals surface area contributed by atoms with Gasteiger partial charge in [-0.25, -0.2) is 4.79 Å². The molecule has 0 unspecified atom stereocenters. The molecule has 3 rings (SSSR count). The Morgan fingerprint density at radius 3 is 2.69 bits per heavy atom. The summed E-state index contributed by atoms with van der Waals surface area (Å²) in [5, 5.41) is 2.85. The zero-order valence-corrected chi connectivity index (χ0v) is 14.5. The van der Waals surface area contributed by atoms with Crippen molar-refractivity contribution in [2.75, 3.05) is 13.2 Å². The van der Waals surface area contributed by atoms with Crippen molar-refractivity contribution in [2.24, 2.45) is 0 Å². The van der Waals surface area contributed by atoms with Crippen LogP contribution in [0.4, 0.5) is 0 Å². The molecule has 2 aromatic carbocycles. The van der Waals surface area contributed by atoms with Crippen LogP contribution in [0, 0.1) is 0 Å². The number of aromatic nitrogens is 1. The summed E-state index contributed by atoms with van der Waals surface area (Å²) in [5.41, 5.74) is 2.38. The van der Waals surface area contributed by atoms with E-state index in [2.05, 4.69) is 5.32 Å². The normalized spacial score (nSPS) is 10.9. The van der Waals surface area contributed by atoms with Crippen LogP contribution >= 0.6 is 0 Å². The van der Waals surface area contributed by atoms with E-state index in [0.717, 1.165) is 12.0 Å². The van der Waals surface area contributed by atoms with E-state index in [0.29, 0.717) is 37.4 Å². The minimum Gasteiger partial charge on any atom is -0.408 e. The largest absolute Gasteiger partial charge is 0.419 e. The second-order valence-corrected chi connectivity index (χ2v) is 5.98. The number of rotatable bonds is 9. The second-order valence-electron chi connectivity index (χ2n) is 5.98. The molecule has 1 amide bonds. The summed E-state index contributed by atoms with van der Waals surface area (Å²) in [4.78, 5) is 23.8. The van der Waals surface area contributed by atoms with Gasteiger partial charge in [0.25, 0.3) is 0 Å². The van der Waals surface area contributed by atoms with Gasteiger partial charge in [0.1, 0.15) is 0 Å². The molecule has 26 heavy (non-hydrogen) atoms. The van der Waals surface area contributed by atoms with Gasteiger partial charge in [0.2, 0.25) is 5.91 Å². The number of carbonyl (C=O) groups excluding carboxylic acids is 1. The van der Waals surface area contributed by atoms with E-state index in [9.17, 15) is 9.59 Å². The highest BCUT2D eigenvalue weighted by molar-refractivity contribution is 5.76. The second kappa shape index (κ2) is 9.01. The third-order valence-corrected chi connectivity index (χ3v) is 4.04. The van der Waals surface area contributed by atoms with Crippen molar-refractivity contribution in [1.82, 2.24) is 9.88 Å². The maximum Gasteiger partial charge on any atom is 0.419 e. The summed E-state index contributed by atoms with van der Waals surface area (Å²) >= 11 is 0. The predicted octanol–water partition coefficient (Wildman–Crippen LogP) is 2.71. The Kier molecular flexibility index (Phi) is 6.22. The van der Waals surface area contributed by atoms with E-state index >= 15 is 0 Å². The molecule has 1 heterocycles. The van der Waals surface area contributed by atoms with E-state index in [4.69, 9.17) is 9.15 Å². The molecule has 136 valence electrons. The number of oxazole rings is 1. The van der Waals surface area contributed by atoms with Crippen molar-refractivity contribution in [3.8, 4) is 0 Å². The van der Waals surface area contributed by atoms with Gasteiger partial charge in [0.15, 0.2) is 5.58 Å². The van der Waals surface area contributed by atoms with Gasteiger partial charge in [0, 0.05) is 26.1 Å². The van der Waals surface area contributed by atoms with Gasteiger partial charge in [-0.3, -0.25) is 9.36 Å². The van der Waals surface area contributed by atoms with Crippen molar-refractivity contribution in [3.05, 3.63) is 70.7 Å². The first kappa shape index (κ1) is 17.9. The van der Waals surface area contributed by atoms with Crippen LogP contribution in [-0.2, 0) is 22.7 Å². The summed E-state index contributed by atoms with van der Waals surface area (Å²) in [7, 11) is 0. The zero-order valence-electron chi connectivity index (χ0n) is 14.5. The highest BCUT2D eigenvalue weighted by Gasteiger charge is 2.10. The molecule has 0 fully saturated rings. The molecule has 6 heteroatoms. The highest BCUT2D eigenvalue weighted by Crippen LogP contribution is 2.11. The lowest BCUT2D eigenvalue weighted by molar-refractivity contribution is -0.121. The zero-order chi connectivity index (χ0) is 18.2. The number of nitrogens with zero attached hydrogens (tertiary/aromatic N) is 1. The molecule has 1 N–H and O–H groups in total. The number of fused-ring (bicyclic) bond motifs is 1. The number of aryl methyl sites for hydroxylation is 1. The quantitative estimate of drug-likeness (QED) is 0.600. The first-order valence-electron chi connectivity index (χ1n) is 8.71. The first-order valence-corrected chi connectivity index (χ1v) is 8.71. The molecular weight excluding hydrogens is 332 g/mol. The fraction of sp³-hybridized carbons (Fsp3) is 0.300. The lowest BCUT2D eigenvalue weighted by Gasteiger charge is -2.07. The first-order chi connectivity index (χ1) is 12.7. The van der Waals surface area contributed by atoms with E-state index in [1.807, 2.05) is 48.5 Å². The van der Waals surface area contributed by atoms with E-state index in [1.165, 1.54) is 4.57 Å². The number of ether oxygens (including phenoxy) is 1. The highest BCUT2D eigenvalue weighted by atomic mass is 16.5. The van der Waals surface area contributed by atoms with Gasteiger partial charge in [-0.15, -0.1) is 0 Å². The monoisotopic (exact) mass is 354 g/mol. The van der Waals surface area contributed by atoms with Crippen LogP contribution in [0.5, 0.6) is 0 Å². The molecule has 0 aliphatic heterocycles. The number of hydrogen-bond donors (Lipinski definition) is 1. The van der Waals surface area contributed by atoms with Gasteiger partial charge in [-0.05, 0) is 24.1 Å². The van der Waals surface area contributed by atoms with Crippen LogP contribution in [0.3, 0.4) is 0 Å². The standard InChI is InChI=1S/C20H22N2O4/c23-19(21-12-6-14-25-15-16-7-2-1-3-8-16)11-13-22-17-9-4-5-10-18(17)26-20(22)24/h1-5,7-10H,6,11-15H2,(H,21,23). The molecule has 0 aliphatic rings. The van der Waals surface area contributed by atoms with Crippen LogP contribution in [0.2, 0.25) is 0 Å². The fourth-order valence-corrected chi connectivity index (χ4v) is 2.69. The van der Waals surface area contributed by atoms with Gasteiger partial charge in [0.05, 0.1) is 12.1 Å². The Morgan fingerprint density at radius 1 is 1.08 bits per heavy atom. The van der Waals surface area contributed by atoms with Crippen molar-refractivity contribution in [3.63, 3.8) is 0 Å². The maximum absolute atomic E-state index is 11.9. The summed E-state index contributed by atoms with van der Waals surface area (Å²) in [6.07, 6.45) is 0.974. The summed E-state index contributed by atoms with van der Waals surface area (Å²) in [5.74, 6) is -0.529. The smallest absolute Gasteiger partial charge is 0.408 e. The Morgan fingerprint density at radius 2 is 1.85 bits per heavy atom. The third kappa shape index (κ3) is 4.83. The van der Waals surface area contributed by atoms with Crippen molar-refractivity contribution in [2.45, 2.75) is 26.0 Å². The summed E-state index contributed by atoms with van der Waals surface area (Å²) in [6.45, 7) is 2.01. The number of amides is 1. The van der Waals surface area contributed by atoms with Crippen LogP contribution in [0.15, 0.2) is 63.8 Å². The molecule has 0 aliphatic carbocycles. The lowest BCUT2D eigenvalue weighted by atomic mass is 10.2. The number of benzene rings is 2.